The summed E-state index contributed by atoms with van der Waals surface area (Å²) in [6.45, 7) is 15.5. The lowest BCUT2D eigenvalue weighted by atomic mass is 9.99. The zero-order valence-electron chi connectivity index (χ0n) is 17.5. The van der Waals surface area contributed by atoms with Crippen molar-refractivity contribution in [2.45, 2.75) is 66.0 Å². The zero-order chi connectivity index (χ0) is 20.0. The minimum Gasteiger partial charge on any atom is -0.443 e. The van der Waals surface area contributed by atoms with Gasteiger partial charge in [0.15, 0.2) is 0 Å². The summed E-state index contributed by atoms with van der Waals surface area (Å²) < 4.78 is 5.57. The Morgan fingerprint density at radius 2 is 2.15 bits per heavy atom. The molecule has 0 fully saturated rings. The van der Waals surface area contributed by atoms with Gasteiger partial charge in [-0.2, -0.15) is 0 Å². The average Bonchev–Trinajstić information content (AvgIpc) is 2.62. The van der Waals surface area contributed by atoms with Crippen LogP contribution in [0.4, 0.5) is 10.5 Å². The number of carbonyl (C=O) groups is 1. The minimum atomic E-state index is -0.485. The van der Waals surface area contributed by atoms with Crippen molar-refractivity contribution in [3.8, 4) is 0 Å². The topological polar surface area (TPSA) is 32.8 Å². The Kier molecular flexibility index (Phi) is 7.11. The molecule has 148 valence electrons. The van der Waals surface area contributed by atoms with E-state index in [1.807, 2.05) is 33.0 Å². The predicted molar refractivity (Wildman–Crippen MR) is 113 cm³/mol. The molecule has 0 aliphatic carbocycles. The number of benzene rings is 1. The Hall–Kier alpha value is -2.23. The third-order valence-electron chi connectivity index (χ3n) is 4.73. The lowest BCUT2D eigenvalue weighted by Gasteiger charge is -2.32. The summed E-state index contributed by atoms with van der Waals surface area (Å²) in [4.78, 5) is 16.4. The van der Waals surface area contributed by atoms with Crippen LogP contribution >= 0.6 is 0 Å². The highest BCUT2D eigenvalue weighted by Crippen LogP contribution is 2.30. The van der Waals surface area contributed by atoms with Gasteiger partial charge in [0.2, 0.25) is 0 Å². The first-order chi connectivity index (χ1) is 12.7. The monoisotopic (exact) mass is 370 g/mol. The van der Waals surface area contributed by atoms with Crippen molar-refractivity contribution in [2.75, 3.05) is 11.4 Å². The number of nitrogens with zero attached hydrogens (tertiary/aromatic N) is 2. The molecule has 0 N–H and O–H groups in total. The van der Waals surface area contributed by atoms with E-state index in [0.29, 0.717) is 12.5 Å². The van der Waals surface area contributed by atoms with E-state index in [-0.39, 0.29) is 6.09 Å². The molecule has 1 amide bonds. The van der Waals surface area contributed by atoms with Gasteiger partial charge in [0.1, 0.15) is 5.60 Å². The average molecular weight is 371 g/mol. The van der Waals surface area contributed by atoms with Gasteiger partial charge in [0.05, 0.1) is 5.69 Å². The molecule has 1 heterocycles. The summed E-state index contributed by atoms with van der Waals surface area (Å²) in [7, 11) is 0. The molecule has 1 aromatic carbocycles. The van der Waals surface area contributed by atoms with E-state index < -0.39 is 5.60 Å². The summed E-state index contributed by atoms with van der Waals surface area (Å²) in [5.41, 5.74) is 2.91. The van der Waals surface area contributed by atoms with Gasteiger partial charge in [0.25, 0.3) is 0 Å². The van der Waals surface area contributed by atoms with E-state index in [2.05, 4.69) is 49.7 Å². The van der Waals surface area contributed by atoms with E-state index in [4.69, 9.17) is 4.74 Å². The fourth-order valence-corrected chi connectivity index (χ4v) is 3.04. The number of allylic oxidation sites excluding steroid dienone is 1. The number of fused-ring (bicyclic) bond motifs is 1. The van der Waals surface area contributed by atoms with E-state index in [1.165, 1.54) is 11.1 Å². The molecule has 0 aromatic heterocycles. The number of hydrogen-bond acceptors (Lipinski definition) is 3. The third-order valence-corrected chi connectivity index (χ3v) is 4.73. The molecule has 1 atom stereocenters. The summed E-state index contributed by atoms with van der Waals surface area (Å²) in [5, 5.41) is 0. The lowest BCUT2D eigenvalue weighted by molar-refractivity contribution is 0.0578. The fourth-order valence-electron chi connectivity index (χ4n) is 3.04. The van der Waals surface area contributed by atoms with Crippen molar-refractivity contribution >= 4 is 11.8 Å². The number of hydrogen-bond donors (Lipinski definition) is 0. The van der Waals surface area contributed by atoms with Crippen molar-refractivity contribution in [1.29, 1.82) is 0 Å². The van der Waals surface area contributed by atoms with Crippen LogP contribution in [-0.4, -0.2) is 23.1 Å². The molecule has 0 bridgehead atoms. The molecule has 2 rings (SSSR count). The molecule has 0 saturated carbocycles. The molecule has 1 unspecified atom stereocenters. The highest BCUT2D eigenvalue weighted by molar-refractivity contribution is 5.89. The Balaban J connectivity index is 2.14. The van der Waals surface area contributed by atoms with E-state index in [9.17, 15) is 4.79 Å². The van der Waals surface area contributed by atoms with Crippen LogP contribution in [0.3, 0.4) is 0 Å². The molecule has 0 radical (unpaired) electrons. The number of anilines is 1. The minimum absolute atomic E-state index is 0.264. The molecule has 1 aliphatic rings. The fraction of sp³-hybridized carbons (Fsp3) is 0.522. The summed E-state index contributed by atoms with van der Waals surface area (Å²) >= 11 is 0. The quantitative estimate of drug-likeness (QED) is 0.627. The van der Waals surface area contributed by atoms with Crippen LogP contribution < -0.4 is 4.90 Å². The molecule has 1 aromatic rings. The van der Waals surface area contributed by atoms with Crippen LogP contribution in [-0.2, 0) is 17.7 Å². The Bertz CT molecular complexity index is 688. The molecule has 0 spiro atoms. The van der Waals surface area contributed by atoms with Crippen molar-refractivity contribution in [3.63, 3.8) is 0 Å². The summed E-state index contributed by atoms with van der Waals surface area (Å²) in [6.07, 6.45) is 8.97. The van der Waals surface area contributed by atoms with Crippen LogP contribution in [0.15, 0.2) is 43.3 Å². The third kappa shape index (κ3) is 6.16. The number of aryl methyl sites for hydroxylation is 1. The maximum absolute atomic E-state index is 12.5. The zero-order valence-corrected chi connectivity index (χ0v) is 17.5. The Labute approximate surface area is 164 Å². The van der Waals surface area contributed by atoms with Gasteiger partial charge in [0, 0.05) is 19.3 Å². The molecule has 1 aliphatic heterocycles. The van der Waals surface area contributed by atoms with Crippen molar-refractivity contribution in [3.05, 3.63) is 54.4 Å². The van der Waals surface area contributed by atoms with Crippen LogP contribution in [0.25, 0.3) is 0 Å². The van der Waals surface area contributed by atoms with E-state index in [0.717, 1.165) is 31.5 Å². The largest absolute Gasteiger partial charge is 0.443 e. The highest BCUT2D eigenvalue weighted by atomic mass is 16.6. The molecule has 4 heteroatoms. The maximum Gasteiger partial charge on any atom is 0.414 e. The Morgan fingerprint density at radius 1 is 1.41 bits per heavy atom. The van der Waals surface area contributed by atoms with Gasteiger partial charge in [-0.1, -0.05) is 45.1 Å². The smallest absolute Gasteiger partial charge is 0.414 e. The summed E-state index contributed by atoms with van der Waals surface area (Å²) in [5.74, 6) is 0.554. The second kappa shape index (κ2) is 9.12. The number of rotatable bonds is 6. The van der Waals surface area contributed by atoms with Gasteiger partial charge >= 0.3 is 6.09 Å². The first-order valence-electron chi connectivity index (χ1n) is 9.92. The normalized spacial score (nSPS) is 15.4. The number of carbonyl (C=O) groups excluding carboxylic acids is 1. The van der Waals surface area contributed by atoms with Crippen molar-refractivity contribution in [1.82, 2.24) is 4.90 Å². The second-order valence-electron chi connectivity index (χ2n) is 8.28. The van der Waals surface area contributed by atoms with E-state index in [1.54, 1.807) is 4.90 Å². The van der Waals surface area contributed by atoms with Gasteiger partial charge in [-0.25, -0.2) is 4.79 Å². The SMILES string of the molecule is C=CN(/C=C\C(C)CC)Cc1ccc2c(c1)CCCN2C(=O)OC(C)(C)C. The standard InChI is InChI=1S/C23H34N2O2/c1-7-18(3)13-15-24(8-2)17-19-11-12-21-20(16-19)10-9-14-25(21)22(26)27-23(4,5)6/h8,11-13,15-16,18H,2,7,9-10,14,17H2,1,3-6H3/b15-13-. The van der Waals surface area contributed by atoms with Crippen LogP contribution in [0, 0.1) is 5.92 Å². The first-order valence-corrected chi connectivity index (χ1v) is 9.92. The molecule has 27 heavy (non-hydrogen) atoms. The molecular weight excluding hydrogens is 336 g/mol. The number of amides is 1. The van der Waals surface area contributed by atoms with Gasteiger partial charge in [-0.05, 0) is 62.9 Å². The van der Waals surface area contributed by atoms with Crippen molar-refractivity contribution in [2.24, 2.45) is 5.92 Å². The molecule has 0 saturated heterocycles. The summed E-state index contributed by atoms with van der Waals surface area (Å²) in [6, 6.07) is 6.35. The molecule has 4 nitrogen and oxygen atoms in total. The van der Waals surface area contributed by atoms with Gasteiger partial charge < -0.3 is 9.64 Å². The van der Waals surface area contributed by atoms with Crippen molar-refractivity contribution < 1.29 is 9.53 Å². The van der Waals surface area contributed by atoms with Gasteiger partial charge in [-0.15, -0.1) is 0 Å². The molecular formula is C23H34N2O2. The van der Waals surface area contributed by atoms with Crippen LogP contribution in [0.2, 0.25) is 0 Å². The second-order valence-corrected chi connectivity index (χ2v) is 8.28. The first kappa shape index (κ1) is 21.1. The van der Waals surface area contributed by atoms with Crippen LogP contribution in [0.5, 0.6) is 0 Å². The Morgan fingerprint density at radius 3 is 2.78 bits per heavy atom. The highest BCUT2D eigenvalue weighted by Gasteiger charge is 2.27. The van der Waals surface area contributed by atoms with Crippen LogP contribution in [0.1, 0.15) is 58.6 Å². The predicted octanol–water partition coefficient (Wildman–Crippen LogP) is 5.88. The van der Waals surface area contributed by atoms with E-state index >= 15 is 0 Å². The number of ether oxygens (including phenoxy) is 1. The van der Waals surface area contributed by atoms with Gasteiger partial charge in [-0.3, -0.25) is 4.90 Å². The maximum atomic E-state index is 12.5. The lowest BCUT2D eigenvalue weighted by Crippen LogP contribution is -2.39.